The number of nitrogens with one attached hydrogen (secondary N) is 1. The van der Waals surface area contributed by atoms with E-state index in [0.717, 1.165) is 4.90 Å². The van der Waals surface area contributed by atoms with Gasteiger partial charge in [0.1, 0.15) is 23.1 Å². The lowest BCUT2D eigenvalue weighted by atomic mass is 9.94. The van der Waals surface area contributed by atoms with Gasteiger partial charge in [-0.3, -0.25) is 4.79 Å². The molecule has 1 atom stereocenters. The molecule has 1 N–H and O–H groups in total. The number of furan rings is 1. The van der Waals surface area contributed by atoms with Crippen LogP contribution in [0.4, 0.5) is 10.5 Å². The Morgan fingerprint density at radius 1 is 1.12 bits per heavy atom. The number of allylic oxidation sites excluding steroid dienone is 3. The van der Waals surface area contributed by atoms with E-state index in [0.29, 0.717) is 17.2 Å². The number of anilines is 1. The summed E-state index contributed by atoms with van der Waals surface area (Å²) in [5, 5.41) is 2.72. The lowest BCUT2D eigenvalue weighted by molar-refractivity contribution is -0.417. The number of carbonyl (C=O) groups is 3. The van der Waals surface area contributed by atoms with Crippen molar-refractivity contribution in [1.29, 1.82) is 0 Å². The Morgan fingerprint density at radius 3 is 2.47 bits per heavy atom. The highest BCUT2D eigenvalue weighted by Crippen LogP contribution is 2.42. The number of carbonyl (C=O) groups excluding carboxylic acids is 3. The highest BCUT2D eigenvalue weighted by Gasteiger charge is 2.49. The molecular formula is C24H24N3O7+. The van der Waals surface area contributed by atoms with E-state index in [9.17, 15) is 14.4 Å². The molecule has 10 heteroatoms. The van der Waals surface area contributed by atoms with Crippen molar-refractivity contribution < 1.29 is 37.6 Å². The van der Waals surface area contributed by atoms with Crippen LogP contribution in [0.2, 0.25) is 0 Å². The van der Waals surface area contributed by atoms with E-state index in [-0.39, 0.29) is 30.3 Å². The molecule has 176 valence electrons. The molecule has 4 amide bonds. The van der Waals surface area contributed by atoms with E-state index in [4.69, 9.17) is 18.6 Å². The summed E-state index contributed by atoms with van der Waals surface area (Å²) < 4.78 is 22.6. The smallest absolute Gasteiger partial charge is 0.493 e. The summed E-state index contributed by atoms with van der Waals surface area (Å²) in [6.07, 6.45) is 8.30. The van der Waals surface area contributed by atoms with Gasteiger partial charge in [-0.05, 0) is 18.2 Å². The second kappa shape index (κ2) is 9.65. The minimum absolute atomic E-state index is 0.178. The fraction of sp³-hybridized carbons (Fsp3) is 0.250. The van der Waals surface area contributed by atoms with Crippen molar-refractivity contribution >= 4 is 29.2 Å². The van der Waals surface area contributed by atoms with E-state index >= 15 is 0 Å². The van der Waals surface area contributed by atoms with Crippen LogP contribution in [-0.2, 0) is 16.1 Å². The van der Waals surface area contributed by atoms with Gasteiger partial charge in [-0.1, -0.05) is 18.2 Å². The quantitative estimate of drug-likeness (QED) is 0.595. The largest absolute Gasteiger partial charge is 0.506 e. The van der Waals surface area contributed by atoms with Crippen molar-refractivity contribution in [2.75, 3.05) is 32.8 Å². The van der Waals surface area contributed by atoms with Crippen LogP contribution in [0.15, 0.2) is 59.2 Å². The van der Waals surface area contributed by atoms with E-state index in [1.807, 2.05) is 0 Å². The van der Waals surface area contributed by atoms with Gasteiger partial charge >= 0.3 is 11.9 Å². The Labute approximate surface area is 195 Å². The molecule has 1 aromatic heterocycles. The van der Waals surface area contributed by atoms with Crippen LogP contribution in [0, 0.1) is 5.92 Å². The van der Waals surface area contributed by atoms with Gasteiger partial charge in [-0.25, -0.2) is 4.79 Å². The average Bonchev–Trinajstić information content (AvgIpc) is 3.38. The van der Waals surface area contributed by atoms with Crippen LogP contribution in [0.5, 0.6) is 17.2 Å². The second-order valence-electron chi connectivity index (χ2n) is 7.43. The Hall–Kier alpha value is -4.34. The van der Waals surface area contributed by atoms with Crippen LogP contribution >= 0.6 is 0 Å². The Balaban J connectivity index is 1.70. The first-order chi connectivity index (χ1) is 16.5. The number of ether oxygens (including phenoxy) is 3. The predicted molar refractivity (Wildman–Crippen MR) is 121 cm³/mol. The molecule has 1 aliphatic heterocycles. The average molecular weight is 466 g/mol. The number of benzene rings is 1. The highest BCUT2D eigenvalue weighted by molar-refractivity contribution is 6.26. The molecule has 34 heavy (non-hydrogen) atoms. The van der Waals surface area contributed by atoms with Crippen molar-refractivity contribution in [3.8, 4) is 17.2 Å². The third-order valence-corrected chi connectivity index (χ3v) is 5.47. The normalized spacial score (nSPS) is 17.0. The lowest BCUT2D eigenvalue weighted by Gasteiger charge is -2.27. The zero-order chi connectivity index (χ0) is 24.2. The molecule has 1 aromatic carbocycles. The molecule has 1 unspecified atom stereocenters. The van der Waals surface area contributed by atoms with Crippen molar-refractivity contribution in [1.82, 2.24) is 5.32 Å². The van der Waals surface area contributed by atoms with Crippen LogP contribution in [0.25, 0.3) is 0 Å². The summed E-state index contributed by atoms with van der Waals surface area (Å²) in [5.74, 6) is -0.117. The molecule has 0 radical (unpaired) electrons. The third-order valence-electron chi connectivity index (χ3n) is 5.47. The maximum atomic E-state index is 13.6. The number of methoxy groups -OCH3 is 3. The predicted octanol–water partition coefficient (Wildman–Crippen LogP) is 2.28. The summed E-state index contributed by atoms with van der Waals surface area (Å²) in [6.45, 7) is -0.102. The number of nitrogens with zero attached hydrogens (tertiary/aromatic N) is 2. The summed E-state index contributed by atoms with van der Waals surface area (Å²) >= 11 is 0. The van der Waals surface area contributed by atoms with Crippen LogP contribution in [-0.4, -0.2) is 56.0 Å². The zero-order valence-corrected chi connectivity index (χ0v) is 18.9. The van der Waals surface area contributed by atoms with Gasteiger partial charge < -0.3 is 23.9 Å². The van der Waals surface area contributed by atoms with Crippen LogP contribution in [0.1, 0.15) is 5.76 Å². The lowest BCUT2D eigenvalue weighted by Crippen LogP contribution is -2.56. The number of fused-ring (bicyclic) bond motifs is 1. The summed E-state index contributed by atoms with van der Waals surface area (Å²) in [6, 6.07) is 5.81. The SMILES string of the molecule is COc1cc(N2C(=O)C3C=CC=CC3=[N+](CC(=O)NCc3ccco3)C2=O)cc(OC)c1OC. The molecule has 0 spiro atoms. The number of hydrogen-bond donors (Lipinski definition) is 1. The molecule has 2 heterocycles. The number of hydrogen-bond acceptors (Lipinski definition) is 7. The minimum atomic E-state index is -0.736. The molecule has 2 aromatic rings. The topological polar surface area (TPSA) is 110 Å². The maximum absolute atomic E-state index is 13.6. The summed E-state index contributed by atoms with van der Waals surface area (Å²) in [4.78, 5) is 40.6. The second-order valence-corrected chi connectivity index (χ2v) is 7.43. The van der Waals surface area contributed by atoms with Crippen molar-refractivity contribution in [2.45, 2.75) is 6.54 Å². The molecule has 10 nitrogen and oxygen atoms in total. The van der Waals surface area contributed by atoms with E-state index in [1.165, 1.54) is 44.3 Å². The molecule has 1 aliphatic carbocycles. The monoisotopic (exact) mass is 466 g/mol. The Kier molecular flexibility index (Phi) is 6.48. The molecular weight excluding hydrogens is 442 g/mol. The van der Waals surface area contributed by atoms with Crippen LogP contribution < -0.4 is 24.4 Å². The van der Waals surface area contributed by atoms with Gasteiger partial charge in [0.2, 0.25) is 5.75 Å². The van der Waals surface area contributed by atoms with E-state index < -0.39 is 23.8 Å². The Bertz CT molecular complexity index is 1190. The minimum Gasteiger partial charge on any atom is -0.493 e. The van der Waals surface area contributed by atoms with Gasteiger partial charge in [-0.2, -0.15) is 9.37 Å². The van der Waals surface area contributed by atoms with Gasteiger partial charge in [0.05, 0.1) is 34.1 Å². The first kappa shape index (κ1) is 22.8. The zero-order valence-electron chi connectivity index (χ0n) is 18.9. The molecule has 0 fully saturated rings. The van der Waals surface area contributed by atoms with Gasteiger partial charge in [0.25, 0.3) is 5.91 Å². The van der Waals surface area contributed by atoms with Crippen LogP contribution in [0.3, 0.4) is 0 Å². The Morgan fingerprint density at radius 2 is 1.85 bits per heavy atom. The van der Waals surface area contributed by atoms with Gasteiger partial charge in [0.15, 0.2) is 18.0 Å². The molecule has 0 saturated carbocycles. The standard InChI is InChI=1S/C24H23N3O7/c1-31-19-11-15(12-20(32-2)22(19)33-3)27-23(29)17-8-4-5-9-18(17)26(24(27)30)14-21(28)25-13-16-7-6-10-34-16/h4-12,17H,13-14H2,1-3H3/p+1. The number of imide groups is 1. The summed E-state index contributed by atoms with van der Waals surface area (Å²) in [5.41, 5.74) is 0.654. The molecule has 2 aliphatic rings. The maximum Gasteiger partial charge on any atom is 0.506 e. The summed E-state index contributed by atoms with van der Waals surface area (Å²) in [7, 11) is 4.34. The van der Waals surface area contributed by atoms with E-state index in [2.05, 4.69) is 5.32 Å². The number of amides is 4. The molecule has 4 rings (SSSR count). The highest BCUT2D eigenvalue weighted by atomic mass is 16.5. The number of rotatable bonds is 8. The fourth-order valence-corrected chi connectivity index (χ4v) is 3.85. The van der Waals surface area contributed by atoms with Crippen molar-refractivity contribution in [3.63, 3.8) is 0 Å². The first-order valence-corrected chi connectivity index (χ1v) is 10.4. The molecule has 0 saturated heterocycles. The van der Waals surface area contributed by atoms with Gasteiger partial charge in [0, 0.05) is 12.1 Å². The third kappa shape index (κ3) is 4.17. The van der Waals surface area contributed by atoms with Crippen molar-refractivity contribution in [2.24, 2.45) is 5.92 Å². The number of urea groups is 1. The molecule has 0 bridgehead atoms. The van der Waals surface area contributed by atoms with E-state index in [1.54, 1.807) is 36.4 Å². The van der Waals surface area contributed by atoms with Gasteiger partial charge in [-0.15, -0.1) is 4.90 Å². The fourth-order valence-electron chi connectivity index (χ4n) is 3.85. The van der Waals surface area contributed by atoms with Crippen molar-refractivity contribution in [3.05, 3.63) is 60.6 Å². The first-order valence-electron chi connectivity index (χ1n) is 10.4.